The molecule has 26 heavy (non-hydrogen) atoms. The monoisotopic (exact) mass is 359 g/mol. The molecule has 0 aromatic carbocycles. The lowest BCUT2D eigenvalue weighted by Gasteiger charge is -2.33. The molecule has 1 aliphatic rings. The van der Waals surface area contributed by atoms with Crippen LogP contribution in [0.5, 0.6) is 0 Å². The normalized spacial score (nSPS) is 18.8. The minimum atomic E-state index is 0.0278. The van der Waals surface area contributed by atoms with Crippen molar-refractivity contribution in [2.45, 2.75) is 52.6 Å². The summed E-state index contributed by atoms with van der Waals surface area (Å²) in [5.74, 6) is 0.425. The maximum atomic E-state index is 12.7. The summed E-state index contributed by atoms with van der Waals surface area (Å²) < 4.78 is 3.75. The summed E-state index contributed by atoms with van der Waals surface area (Å²) in [7, 11) is 1.96. The SMILES string of the molecule is Cc1nn(C)c(C)c1CC(C)NC(=O)N1CCCC(Cn2ccnn2)C1. The van der Waals surface area contributed by atoms with Crippen molar-refractivity contribution >= 4 is 6.03 Å². The number of nitrogens with zero attached hydrogens (tertiary/aromatic N) is 6. The molecule has 2 atom stereocenters. The van der Waals surface area contributed by atoms with Crippen molar-refractivity contribution < 1.29 is 4.79 Å². The lowest BCUT2D eigenvalue weighted by atomic mass is 9.98. The zero-order chi connectivity index (χ0) is 18.7. The topological polar surface area (TPSA) is 80.9 Å². The van der Waals surface area contributed by atoms with Crippen molar-refractivity contribution in [1.29, 1.82) is 0 Å². The Labute approximate surface area is 154 Å². The smallest absolute Gasteiger partial charge is 0.317 e. The molecule has 1 N–H and O–H groups in total. The molecule has 2 unspecified atom stereocenters. The largest absolute Gasteiger partial charge is 0.335 e. The summed E-state index contributed by atoms with van der Waals surface area (Å²) in [5.41, 5.74) is 3.43. The van der Waals surface area contributed by atoms with E-state index in [0.717, 1.165) is 50.3 Å². The average Bonchev–Trinajstić information content (AvgIpc) is 3.19. The van der Waals surface area contributed by atoms with Crippen LogP contribution in [0.15, 0.2) is 12.4 Å². The fourth-order valence-corrected chi connectivity index (χ4v) is 3.77. The lowest BCUT2D eigenvalue weighted by molar-refractivity contribution is 0.155. The van der Waals surface area contributed by atoms with Crippen molar-refractivity contribution in [3.05, 3.63) is 29.3 Å². The van der Waals surface area contributed by atoms with Crippen LogP contribution in [0.25, 0.3) is 0 Å². The highest BCUT2D eigenvalue weighted by Gasteiger charge is 2.25. The second-order valence-corrected chi connectivity index (χ2v) is 7.41. The minimum absolute atomic E-state index is 0.0278. The van der Waals surface area contributed by atoms with E-state index in [1.807, 2.05) is 34.4 Å². The number of piperidine rings is 1. The Bertz CT molecular complexity index is 737. The van der Waals surface area contributed by atoms with E-state index >= 15 is 0 Å². The Morgan fingerprint density at radius 3 is 2.88 bits per heavy atom. The Hall–Kier alpha value is -2.38. The Balaban J connectivity index is 1.53. The van der Waals surface area contributed by atoms with Crippen LogP contribution < -0.4 is 5.32 Å². The van der Waals surface area contributed by atoms with Gasteiger partial charge in [0, 0.05) is 44.6 Å². The van der Waals surface area contributed by atoms with E-state index in [9.17, 15) is 4.79 Å². The number of urea groups is 1. The van der Waals surface area contributed by atoms with Crippen LogP contribution in [0.3, 0.4) is 0 Å². The number of carbonyl (C=O) groups is 1. The second-order valence-electron chi connectivity index (χ2n) is 7.41. The molecular weight excluding hydrogens is 330 g/mol. The number of aryl methyl sites for hydroxylation is 2. The number of hydrogen-bond acceptors (Lipinski definition) is 4. The van der Waals surface area contributed by atoms with Gasteiger partial charge in [-0.1, -0.05) is 5.21 Å². The molecule has 0 aliphatic carbocycles. The number of amides is 2. The predicted molar refractivity (Wildman–Crippen MR) is 98.7 cm³/mol. The van der Waals surface area contributed by atoms with Crippen molar-refractivity contribution in [2.75, 3.05) is 13.1 Å². The highest BCUT2D eigenvalue weighted by atomic mass is 16.2. The predicted octanol–water partition coefficient (Wildman–Crippen LogP) is 1.68. The molecule has 0 bridgehead atoms. The highest BCUT2D eigenvalue weighted by molar-refractivity contribution is 5.74. The van der Waals surface area contributed by atoms with Gasteiger partial charge in [0.2, 0.25) is 0 Å². The van der Waals surface area contributed by atoms with E-state index in [-0.39, 0.29) is 12.1 Å². The van der Waals surface area contributed by atoms with Crippen LogP contribution in [-0.4, -0.2) is 54.8 Å². The molecule has 0 saturated carbocycles. The van der Waals surface area contributed by atoms with Crippen LogP contribution in [0.2, 0.25) is 0 Å². The van der Waals surface area contributed by atoms with Gasteiger partial charge in [0.1, 0.15) is 0 Å². The third-order valence-corrected chi connectivity index (χ3v) is 5.26. The molecule has 8 nitrogen and oxygen atoms in total. The van der Waals surface area contributed by atoms with E-state index in [4.69, 9.17) is 0 Å². The first-order chi connectivity index (χ1) is 12.4. The van der Waals surface area contributed by atoms with Crippen LogP contribution in [0.4, 0.5) is 4.79 Å². The minimum Gasteiger partial charge on any atom is -0.335 e. The van der Waals surface area contributed by atoms with Crippen LogP contribution >= 0.6 is 0 Å². The van der Waals surface area contributed by atoms with E-state index in [1.54, 1.807) is 6.20 Å². The average molecular weight is 359 g/mol. The molecule has 2 aromatic heterocycles. The molecule has 3 rings (SSSR count). The first kappa shape index (κ1) is 18.4. The molecule has 1 saturated heterocycles. The number of aromatic nitrogens is 5. The number of hydrogen-bond donors (Lipinski definition) is 1. The van der Waals surface area contributed by atoms with Crippen LogP contribution in [0, 0.1) is 19.8 Å². The van der Waals surface area contributed by atoms with Gasteiger partial charge in [0.05, 0.1) is 11.9 Å². The van der Waals surface area contributed by atoms with Crippen molar-refractivity contribution in [3.63, 3.8) is 0 Å². The molecule has 3 heterocycles. The van der Waals surface area contributed by atoms with Gasteiger partial charge in [-0.3, -0.25) is 9.36 Å². The summed E-state index contributed by atoms with van der Waals surface area (Å²) >= 11 is 0. The summed E-state index contributed by atoms with van der Waals surface area (Å²) in [5, 5.41) is 15.5. The number of nitrogens with one attached hydrogen (secondary N) is 1. The summed E-state index contributed by atoms with van der Waals surface area (Å²) in [6.45, 7) is 8.55. The quantitative estimate of drug-likeness (QED) is 0.881. The fourth-order valence-electron chi connectivity index (χ4n) is 3.77. The maximum absolute atomic E-state index is 12.7. The van der Waals surface area contributed by atoms with Gasteiger partial charge < -0.3 is 10.2 Å². The summed E-state index contributed by atoms with van der Waals surface area (Å²) in [6.07, 6.45) is 6.51. The van der Waals surface area contributed by atoms with E-state index in [0.29, 0.717) is 5.92 Å². The molecular formula is C18H29N7O. The summed E-state index contributed by atoms with van der Waals surface area (Å²) in [6, 6.07) is 0.0970. The Morgan fingerprint density at radius 2 is 2.23 bits per heavy atom. The van der Waals surface area contributed by atoms with Crippen LogP contribution in [0.1, 0.15) is 36.7 Å². The van der Waals surface area contributed by atoms with Crippen molar-refractivity contribution in [3.8, 4) is 0 Å². The third kappa shape index (κ3) is 4.23. The van der Waals surface area contributed by atoms with Gasteiger partial charge in [-0.05, 0) is 51.5 Å². The molecule has 2 amide bonds. The van der Waals surface area contributed by atoms with E-state index in [2.05, 4.69) is 34.6 Å². The lowest BCUT2D eigenvalue weighted by Crippen LogP contribution is -2.49. The third-order valence-electron chi connectivity index (χ3n) is 5.26. The molecule has 1 aliphatic heterocycles. The van der Waals surface area contributed by atoms with Crippen LogP contribution in [-0.2, 0) is 20.0 Å². The van der Waals surface area contributed by atoms with Gasteiger partial charge >= 0.3 is 6.03 Å². The van der Waals surface area contributed by atoms with Crippen molar-refractivity contribution in [1.82, 2.24) is 35.0 Å². The zero-order valence-electron chi connectivity index (χ0n) is 16.1. The Morgan fingerprint density at radius 1 is 1.42 bits per heavy atom. The fraction of sp³-hybridized carbons (Fsp3) is 0.667. The molecule has 8 heteroatoms. The molecule has 1 fully saturated rings. The standard InChI is InChI=1S/C18H29N7O/c1-13(10-17-14(2)21-23(4)15(17)3)20-18(26)24-8-5-6-16(11-24)12-25-9-7-19-22-25/h7,9,13,16H,5-6,8,10-12H2,1-4H3,(H,20,26). The van der Waals surface area contributed by atoms with Gasteiger partial charge in [-0.15, -0.1) is 5.10 Å². The van der Waals surface area contributed by atoms with Gasteiger partial charge in [0.25, 0.3) is 0 Å². The number of carbonyl (C=O) groups excluding carboxylic acids is 1. The Kier molecular flexibility index (Phi) is 5.58. The van der Waals surface area contributed by atoms with Gasteiger partial charge in [-0.25, -0.2) is 4.79 Å². The number of rotatable bonds is 5. The highest BCUT2D eigenvalue weighted by Crippen LogP contribution is 2.19. The number of likely N-dealkylation sites (tertiary alicyclic amines) is 1. The molecule has 0 spiro atoms. The van der Waals surface area contributed by atoms with Gasteiger partial charge in [0.15, 0.2) is 0 Å². The second kappa shape index (κ2) is 7.88. The van der Waals surface area contributed by atoms with E-state index < -0.39 is 0 Å². The van der Waals surface area contributed by atoms with E-state index in [1.165, 1.54) is 5.56 Å². The first-order valence-corrected chi connectivity index (χ1v) is 9.32. The zero-order valence-corrected chi connectivity index (χ0v) is 16.1. The molecule has 2 aromatic rings. The summed E-state index contributed by atoms with van der Waals surface area (Å²) in [4.78, 5) is 14.6. The maximum Gasteiger partial charge on any atom is 0.317 e. The molecule has 0 radical (unpaired) electrons. The van der Waals surface area contributed by atoms with Gasteiger partial charge in [-0.2, -0.15) is 5.10 Å². The molecule has 142 valence electrons. The first-order valence-electron chi connectivity index (χ1n) is 9.32. The van der Waals surface area contributed by atoms with Crippen molar-refractivity contribution in [2.24, 2.45) is 13.0 Å².